The minimum absolute atomic E-state index is 0.145. The van der Waals surface area contributed by atoms with Crippen LogP contribution in [0.2, 0.25) is 10.0 Å². The lowest BCUT2D eigenvalue weighted by Crippen LogP contribution is -2.48. The number of nitrogens with zero attached hydrogens (tertiary/aromatic N) is 2. The molecular formula is C29H29Cl2F2N3O3. The largest absolute Gasteiger partial charge is 0.497 e. The van der Waals surface area contributed by atoms with Crippen molar-refractivity contribution < 1.29 is 23.4 Å². The lowest BCUT2D eigenvalue weighted by molar-refractivity contribution is -0.119. The van der Waals surface area contributed by atoms with E-state index in [1.54, 1.807) is 25.3 Å². The molecule has 206 valence electrons. The highest BCUT2D eigenvalue weighted by Gasteiger charge is 2.35. The van der Waals surface area contributed by atoms with Crippen LogP contribution in [0.5, 0.6) is 5.75 Å². The molecule has 0 aliphatic carbocycles. The molecule has 0 bridgehead atoms. The Labute approximate surface area is 236 Å². The standard InChI is InChI=1S/C29H29Cl2F2N3O3/c1-39-20-4-2-18(3-5-20)16-36-26(37)9-6-21-25(8-7-23(32)27(21)36)34-17-29(38)10-12-35(13-11-29)28-22(31)14-19(30)15-24(28)33/h2-5,7-8,14-15,34,38H,6,9-13,16-17H2,1H3. The van der Waals surface area contributed by atoms with Gasteiger partial charge >= 0.3 is 0 Å². The summed E-state index contributed by atoms with van der Waals surface area (Å²) < 4.78 is 34.8. The Morgan fingerprint density at radius 1 is 1.00 bits per heavy atom. The third kappa shape index (κ3) is 5.78. The number of nitrogens with one attached hydrogen (secondary N) is 1. The monoisotopic (exact) mass is 575 g/mol. The van der Waals surface area contributed by atoms with E-state index in [1.165, 1.54) is 23.1 Å². The summed E-state index contributed by atoms with van der Waals surface area (Å²) in [6.45, 7) is 1.27. The number of methoxy groups -OCH3 is 1. The second-order valence-electron chi connectivity index (χ2n) is 10.0. The van der Waals surface area contributed by atoms with Gasteiger partial charge in [0.05, 0.1) is 35.7 Å². The van der Waals surface area contributed by atoms with Crippen LogP contribution in [0.4, 0.5) is 25.8 Å². The van der Waals surface area contributed by atoms with Crippen LogP contribution in [0.1, 0.15) is 30.4 Å². The number of anilines is 3. The molecular weight excluding hydrogens is 547 g/mol. The molecule has 6 nitrogen and oxygen atoms in total. The smallest absolute Gasteiger partial charge is 0.227 e. The van der Waals surface area contributed by atoms with Crippen LogP contribution in [0.3, 0.4) is 0 Å². The van der Waals surface area contributed by atoms with Gasteiger partial charge in [0.25, 0.3) is 0 Å². The van der Waals surface area contributed by atoms with Crippen LogP contribution in [0, 0.1) is 11.6 Å². The average Bonchev–Trinajstić information content (AvgIpc) is 2.91. The third-order valence-electron chi connectivity index (χ3n) is 7.49. The van der Waals surface area contributed by atoms with E-state index in [9.17, 15) is 14.3 Å². The van der Waals surface area contributed by atoms with Crippen LogP contribution in [-0.4, -0.2) is 43.4 Å². The van der Waals surface area contributed by atoms with Crippen molar-refractivity contribution in [1.82, 2.24) is 0 Å². The molecule has 5 rings (SSSR count). The molecule has 39 heavy (non-hydrogen) atoms. The fraction of sp³-hybridized carbons (Fsp3) is 0.345. The molecule has 2 aliphatic heterocycles. The number of hydrogen-bond acceptors (Lipinski definition) is 5. The summed E-state index contributed by atoms with van der Waals surface area (Å²) in [6, 6.07) is 13.0. The van der Waals surface area contributed by atoms with Crippen LogP contribution < -0.4 is 19.9 Å². The average molecular weight is 576 g/mol. The zero-order chi connectivity index (χ0) is 27.7. The number of hydrogen-bond donors (Lipinski definition) is 2. The number of benzene rings is 3. The predicted octanol–water partition coefficient (Wildman–Crippen LogP) is 6.20. The van der Waals surface area contributed by atoms with E-state index in [2.05, 4.69) is 5.32 Å². The van der Waals surface area contributed by atoms with Crippen LogP contribution in [0.25, 0.3) is 0 Å². The summed E-state index contributed by atoms with van der Waals surface area (Å²) in [7, 11) is 1.58. The molecule has 0 atom stereocenters. The molecule has 0 aromatic heterocycles. The van der Waals surface area contributed by atoms with Crippen molar-refractivity contribution in [1.29, 1.82) is 0 Å². The van der Waals surface area contributed by atoms with Gasteiger partial charge in [0.15, 0.2) is 0 Å². The first-order valence-corrected chi connectivity index (χ1v) is 13.5. The molecule has 0 saturated carbocycles. The maximum atomic E-state index is 15.1. The molecule has 1 fully saturated rings. The first-order chi connectivity index (χ1) is 18.7. The lowest BCUT2D eigenvalue weighted by atomic mass is 9.90. The van der Waals surface area contributed by atoms with E-state index < -0.39 is 17.2 Å². The Kier molecular flexibility index (Phi) is 7.89. The maximum Gasteiger partial charge on any atom is 0.227 e. The molecule has 2 N–H and O–H groups in total. The second-order valence-corrected chi connectivity index (χ2v) is 10.9. The summed E-state index contributed by atoms with van der Waals surface area (Å²) in [4.78, 5) is 16.1. The first-order valence-electron chi connectivity index (χ1n) is 12.8. The van der Waals surface area contributed by atoms with Crippen LogP contribution >= 0.6 is 23.2 Å². The Morgan fingerprint density at radius 3 is 2.38 bits per heavy atom. The minimum Gasteiger partial charge on any atom is -0.497 e. The van der Waals surface area contributed by atoms with E-state index in [0.717, 1.165) is 5.56 Å². The topological polar surface area (TPSA) is 65.0 Å². The summed E-state index contributed by atoms with van der Waals surface area (Å²) in [5.74, 6) is -0.408. The van der Waals surface area contributed by atoms with Crippen molar-refractivity contribution in [3.05, 3.63) is 81.3 Å². The van der Waals surface area contributed by atoms with Crippen molar-refractivity contribution >= 4 is 46.2 Å². The van der Waals surface area contributed by atoms with Gasteiger partial charge in [0, 0.05) is 42.3 Å². The molecule has 0 spiro atoms. The summed E-state index contributed by atoms with van der Waals surface area (Å²) in [5.41, 5.74) is 1.74. The zero-order valence-corrected chi connectivity index (χ0v) is 23.0. The molecule has 3 aromatic rings. The predicted molar refractivity (Wildman–Crippen MR) is 150 cm³/mol. The van der Waals surface area contributed by atoms with Gasteiger partial charge in [-0.2, -0.15) is 0 Å². The minimum atomic E-state index is -1.06. The van der Waals surface area contributed by atoms with Gasteiger partial charge < -0.3 is 25.0 Å². The molecule has 0 radical (unpaired) electrons. The van der Waals surface area contributed by atoms with Gasteiger partial charge in [0.1, 0.15) is 17.4 Å². The van der Waals surface area contributed by atoms with Gasteiger partial charge in [-0.3, -0.25) is 4.79 Å². The van der Waals surface area contributed by atoms with Gasteiger partial charge in [-0.25, -0.2) is 8.78 Å². The number of ether oxygens (including phenoxy) is 1. The van der Waals surface area contributed by atoms with E-state index in [-0.39, 0.29) is 46.8 Å². The molecule has 1 amide bonds. The number of aliphatic hydroxyl groups is 1. The van der Waals surface area contributed by atoms with Crippen LogP contribution in [-0.2, 0) is 17.8 Å². The maximum absolute atomic E-state index is 15.1. The SMILES string of the molecule is COc1ccc(CN2C(=O)CCc3c(NCC4(O)CCN(c5c(F)cc(Cl)cc5Cl)CC4)ccc(F)c32)cc1. The Balaban J connectivity index is 1.30. The van der Waals surface area contributed by atoms with E-state index in [0.29, 0.717) is 49.4 Å². The molecule has 10 heteroatoms. The summed E-state index contributed by atoms with van der Waals surface area (Å²) in [5, 5.41) is 15.0. The number of rotatable bonds is 7. The number of carbonyl (C=O) groups excluding carboxylic acids is 1. The molecule has 2 heterocycles. The highest BCUT2D eigenvalue weighted by atomic mass is 35.5. The number of fused-ring (bicyclic) bond motifs is 1. The molecule has 0 unspecified atom stereocenters. The summed E-state index contributed by atoms with van der Waals surface area (Å²) in [6.07, 6.45) is 1.41. The highest BCUT2D eigenvalue weighted by Crippen LogP contribution is 2.39. The van der Waals surface area contributed by atoms with Crippen molar-refractivity contribution in [2.24, 2.45) is 0 Å². The lowest BCUT2D eigenvalue weighted by Gasteiger charge is -2.40. The zero-order valence-electron chi connectivity index (χ0n) is 21.4. The second kappa shape index (κ2) is 11.2. The van der Waals surface area contributed by atoms with Crippen molar-refractivity contribution in [3.63, 3.8) is 0 Å². The van der Waals surface area contributed by atoms with E-state index >= 15 is 4.39 Å². The van der Waals surface area contributed by atoms with Gasteiger partial charge in [0.2, 0.25) is 5.91 Å². The van der Waals surface area contributed by atoms with Crippen molar-refractivity contribution in [3.8, 4) is 5.75 Å². The van der Waals surface area contributed by atoms with Crippen molar-refractivity contribution in [2.75, 3.05) is 41.9 Å². The van der Waals surface area contributed by atoms with Gasteiger partial charge in [-0.15, -0.1) is 0 Å². The fourth-order valence-electron chi connectivity index (χ4n) is 5.31. The fourth-order valence-corrected chi connectivity index (χ4v) is 5.90. The van der Waals surface area contributed by atoms with Gasteiger partial charge in [-0.05, 0) is 61.2 Å². The third-order valence-corrected chi connectivity index (χ3v) is 8.00. The first kappa shape index (κ1) is 27.5. The van der Waals surface area contributed by atoms with Gasteiger partial charge in [-0.1, -0.05) is 35.3 Å². The number of piperidine rings is 1. The Hall–Kier alpha value is -3.07. The number of carbonyl (C=O) groups is 1. The quantitative estimate of drug-likeness (QED) is 0.351. The molecule has 3 aromatic carbocycles. The number of halogens is 4. The number of amides is 1. The van der Waals surface area contributed by atoms with E-state index in [1.807, 2.05) is 17.0 Å². The molecule has 2 aliphatic rings. The highest BCUT2D eigenvalue weighted by molar-refractivity contribution is 6.36. The molecule has 1 saturated heterocycles. The Bertz CT molecular complexity index is 1360. The Morgan fingerprint density at radius 2 is 1.72 bits per heavy atom. The normalized spacial score (nSPS) is 16.7. The summed E-state index contributed by atoms with van der Waals surface area (Å²) >= 11 is 12.1. The van der Waals surface area contributed by atoms with E-state index in [4.69, 9.17) is 27.9 Å². The van der Waals surface area contributed by atoms with Crippen LogP contribution in [0.15, 0.2) is 48.5 Å². The van der Waals surface area contributed by atoms with Crippen molar-refractivity contribution in [2.45, 2.75) is 37.8 Å².